The molecule has 0 atom stereocenters. The second-order valence-corrected chi connectivity index (χ2v) is 4.22. The third kappa shape index (κ3) is 2.61. The maximum absolute atomic E-state index is 11.4. The van der Waals surface area contributed by atoms with Crippen LogP contribution in [0.4, 0.5) is 0 Å². The number of hydrogen-bond donors (Lipinski definition) is 2. The Morgan fingerprint density at radius 2 is 2.11 bits per heavy atom. The van der Waals surface area contributed by atoms with Crippen LogP contribution in [0.3, 0.4) is 0 Å². The van der Waals surface area contributed by atoms with Crippen molar-refractivity contribution in [2.75, 3.05) is 7.11 Å². The first-order valence-corrected chi connectivity index (χ1v) is 5.70. The van der Waals surface area contributed by atoms with Crippen molar-refractivity contribution in [2.45, 2.75) is 0 Å². The van der Waals surface area contributed by atoms with Gasteiger partial charge in [0.1, 0.15) is 11.3 Å². The van der Waals surface area contributed by atoms with Gasteiger partial charge in [-0.1, -0.05) is 11.6 Å². The van der Waals surface area contributed by atoms with Crippen LogP contribution in [0.25, 0.3) is 11.1 Å². The van der Waals surface area contributed by atoms with E-state index in [-0.39, 0.29) is 5.56 Å². The molecule has 0 fully saturated rings. The minimum absolute atomic E-state index is 0.325. The van der Waals surface area contributed by atoms with Gasteiger partial charge in [0.2, 0.25) is 0 Å². The molecule has 5 nitrogen and oxygen atoms in total. The van der Waals surface area contributed by atoms with Crippen LogP contribution in [-0.4, -0.2) is 23.2 Å². The average Bonchev–Trinajstić information content (AvgIpc) is 2.39. The summed E-state index contributed by atoms with van der Waals surface area (Å²) in [5, 5.41) is 9.44. The molecule has 6 heteroatoms. The van der Waals surface area contributed by atoms with Crippen LogP contribution in [0.5, 0.6) is 5.75 Å². The second-order valence-electron chi connectivity index (χ2n) is 3.78. The molecular weight excluding hydrogens is 270 g/mol. The van der Waals surface area contributed by atoms with Gasteiger partial charge in [-0.05, 0) is 24.3 Å². The van der Waals surface area contributed by atoms with E-state index in [0.717, 1.165) is 0 Å². The van der Waals surface area contributed by atoms with Crippen molar-refractivity contribution >= 4 is 17.6 Å². The zero-order valence-electron chi connectivity index (χ0n) is 9.94. The first-order valence-electron chi connectivity index (χ1n) is 5.33. The van der Waals surface area contributed by atoms with E-state index in [9.17, 15) is 9.59 Å². The molecule has 0 aliphatic heterocycles. The number of ether oxygens (including phenoxy) is 1. The Bertz CT molecular complexity index is 693. The largest absolute Gasteiger partial charge is 0.496 e. The molecule has 2 N–H and O–H groups in total. The van der Waals surface area contributed by atoms with Gasteiger partial charge in [-0.2, -0.15) is 0 Å². The number of aromatic carboxylic acids is 1. The van der Waals surface area contributed by atoms with Gasteiger partial charge in [0.15, 0.2) is 0 Å². The normalized spacial score (nSPS) is 10.2. The number of aromatic amines is 1. The highest BCUT2D eigenvalue weighted by Gasteiger charge is 2.13. The summed E-state index contributed by atoms with van der Waals surface area (Å²) in [7, 11) is 1.49. The number of carboxylic acids is 1. The topological polar surface area (TPSA) is 79.4 Å². The van der Waals surface area contributed by atoms with Crippen molar-refractivity contribution < 1.29 is 14.6 Å². The summed E-state index contributed by atoms with van der Waals surface area (Å²) < 4.78 is 5.19. The van der Waals surface area contributed by atoms with Crippen LogP contribution in [0.2, 0.25) is 5.02 Å². The number of aromatic nitrogens is 1. The van der Waals surface area contributed by atoms with Crippen molar-refractivity contribution in [3.8, 4) is 16.9 Å². The molecular formula is C13H10ClNO4. The van der Waals surface area contributed by atoms with Crippen molar-refractivity contribution in [3.05, 3.63) is 51.4 Å². The maximum Gasteiger partial charge on any atom is 0.341 e. The van der Waals surface area contributed by atoms with Gasteiger partial charge >= 0.3 is 5.97 Å². The van der Waals surface area contributed by atoms with E-state index in [2.05, 4.69) is 4.98 Å². The molecule has 2 rings (SSSR count). The molecule has 0 amide bonds. The third-order valence-corrected chi connectivity index (χ3v) is 2.84. The van der Waals surface area contributed by atoms with E-state index in [0.29, 0.717) is 21.9 Å². The number of H-pyrrole nitrogens is 1. The molecule has 0 aliphatic rings. The van der Waals surface area contributed by atoms with E-state index in [4.69, 9.17) is 21.4 Å². The third-order valence-electron chi connectivity index (χ3n) is 2.61. The second kappa shape index (κ2) is 5.16. The smallest absolute Gasteiger partial charge is 0.341 e. The first-order chi connectivity index (χ1) is 9.02. The lowest BCUT2D eigenvalue weighted by atomic mass is 10.0. The molecule has 0 bridgehead atoms. The van der Waals surface area contributed by atoms with Crippen molar-refractivity contribution in [1.29, 1.82) is 0 Å². The maximum atomic E-state index is 11.4. The molecule has 0 aliphatic carbocycles. The number of nitrogens with one attached hydrogen (secondary N) is 1. The number of hydrogen-bond acceptors (Lipinski definition) is 3. The fourth-order valence-corrected chi connectivity index (χ4v) is 1.86. The van der Waals surface area contributed by atoms with Gasteiger partial charge in [-0.3, -0.25) is 4.79 Å². The predicted octanol–water partition coefficient (Wildman–Crippen LogP) is 2.40. The number of rotatable bonds is 3. The SMILES string of the molecule is COc1cc(Cl)ccc1-c1c[nH]c(=O)c(C(=O)O)c1. The molecule has 0 saturated heterocycles. The van der Waals surface area contributed by atoms with Crippen LogP contribution in [0.1, 0.15) is 10.4 Å². The summed E-state index contributed by atoms with van der Waals surface area (Å²) in [6.45, 7) is 0. The van der Waals surface area contributed by atoms with E-state index in [1.807, 2.05) is 0 Å². The van der Waals surface area contributed by atoms with Gasteiger partial charge in [0.25, 0.3) is 5.56 Å². The Morgan fingerprint density at radius 1 is 1.37 bits per heavy atom. The van der Waals surface area contributed by atoms with Crippen molar-refractivity contribution in [2.24, 2.45) is 0 Å². The van der Waals surface area contributed by atoms with Crippen molar-refractivity contribution in [3.63, 3.8) is 0 Å². The fraction of sp³-hybridized carbons (Fsp3) is 0.0769. The fourth-order valence-electron chi connectivity index (χ4n) is 1.70. The Balaban J connectivity index is 2.62. The van der Waals surface area contributed by atoms with E-state index in [1.54, 1.807) is 18.2 Å². The van der Waals surface area contributed by atoms with Crippen molar-refractivity contribution in [1.82, 2.24) is 4.98 Å². The molecule has 1 aromatic heterocycles. The highest BCUT2D eigenvalue weighted by molar-refractivity contribution is 6.30. The Hall–Kier alpha value is -2.27. The highest BCUT2D eigenvalue weighted by Crippen LogP contribution is 2.31. The predicted molar refractivity (Wildman–Crippen MR) is 71.0 cm³/mol. The lowest BCUT2D eigenvalue weighted by molar-refractivity contribution is 0.0695. The van der Waals surface area contributed by atoms with Crippen LogP contribution in [0, 0.1) is 0 Å². The van der Waals surface area contributed by atoms with E-state index >= 15 is 0 Å². The minimum Gasteiger partial charge on any atom is -0.496 e. The quantitative estimate of drug-likeness (QED) is 0.904. The first kappa shape index (κ1) is 13.2. The standard InChI is InChI=1S/C13H10ClNO4/c1-19-11-5-8(14)2-3-9(11)7-4-10(13(17)18)12(16)15-6-7/h2-6H,1H3,(H,15,16)(H,17,18). The summed E-state index contributed by atoms with van der Waals surface area (Å²) >= 11 is 5.86. The van der Waals surface area contributed by atoms with Gasteiger partial charge in [0.05, 0.1) is 7.11 Å². The van der Waals surface area contributed by atoms with E-state index in [1.165, 1.54) is 19.4 Å². The molecule has 0 saturated carbocycles. The number of carboxylic acid groups (broad SMARTS) is 1. The molecule has 1 heterocycles. The highest BCUT2D eigenvalue weighted by atomic mass is 35.5. The molecule has 2 aromatic rings. The minimum atomic E-state index is -1.28. The summed E-state index contributed by atoms with van der Waals surface area (Å²) in [5.41, 5.74) is 0.204. The van der Waals surface area contributed by atoms with Crippen LogP contribution in [0.15, 0.2) is 35.3 Å². The summed E-state index contributed by atoms with van der Waals surface area (Å²) in [6.07, 6.45) is 1.43. The molecule has 0 spiro atoms. The molecule has 1 aromatic carbocycles. The molecule has 98 valence electrons. The number of halogens is 1. The number of benzene rings is 1. The molecule has 19 heavy (non-hydrogen) atoms. The molecule has 0 radical (unpaired) electrons. The summed E-state index contributed by atoms with van der Waals surface area (Å²) in [5.74, 6) is -0.785. The Kier molecular flexibility index (Phi) is 3.57. The average molecular weight is 280 g/mol. The van der Waals surface area contributed by atoms with Crippen LogP contribution in [-0.2, 0) is 0 Å². The number of carbonyl (C=O) groups is 1. The van der Waals surface area contributed by atoms with Gasteiger partial charge in [-0.25, -0.2) is 4.79 Å². The summed E-state index contributed by atoms with van der Waals surface area (Å²) in [6, 6.07) is 6.26. The van der Waals surface area contributed by atoms with Crippen LogP contribution < -0.4 is 10.3 Å². The monoisotopic (exact) mass is 279 g/mol. The zero-order valence-corrected chi connectivity index (χ0v) is 10.7. The van der Waals surface area contributed by atoms with Gasteiger partial charge in [0, 0.05) is 22.3 Å². The lowest BCUT2D eigenvalue weighted by Gasteiger charge is -2.09. The Labute approximate surface area is 113 Å². The lowest BCUT2D eigenvalue weighted by Crippen LogP contribution is -2.16. The van der Waals surface area contributed by atoms with Gasteiger partial charge in [-0.15, -0.1) is 0 Å². The molecule has 0 unspecified atom stereocenters. The number of methoxy groups -OCH3 is 1. The zero-order chi connectivity index (χ0) is 14.0. The Morgan fingerprint density at radius 3 is 2.74 bits per heavy atom. The van der Waals surface area contributed by atoms with E-state index < -0.39 is 11.5 Å². The van der Waals surface area contributed by atoms with Crippen LogP contribution >= 0.6 is 11.6 Å². The number of pyridine rings is 1. The summed E-state index contributed by atoms with van der Waals surface area (Å²) in [4.78, 5) is 24.7. The van der Waals surface area contributed by atoms with Gasteiger partial charge < -0.3 is 14.8 Å².